The molecule has 1 aromatic rings. The lowest BCUT2D eigenvalue weighted by Gasteiger charge is -2.22. The average Bonchev–Trinajstić information content (AvgIpc) is 2.88. The number of anilines is 2. The molecule has 0 saturated carbocycles. The summed E-state index contributed by atoms with van der Waals surface area (Å²) < 4.78 is 5.27. The Balaban J connectivity index is 2.15. The van der Waals surface area contributed by atoms with Crippen molar-refractivity contribution in [3.05, 3.63) is 11.4 Å². The van der Waals surface area contributed by atoms with Gasteiger partial charge in [0.25, 0.3) is 0 Å². The van der Waals surface area contributed by atoms with Crippen molar-refractivity contribution in [2.24, 2.45) is 0 Å². The molecule has 118 valence electrons. The molecule has 1 aromatic heterocycles. The second-order valence-electron chi connectivity index (χ2n) is 5.62. The summed E-state index contributed by atoms with van der Waals surface area (Å²) in [6.07, 6.45) is 2.51. The Labute approximate surface area is 126 Å². The van der Waals surface area contributed by atoms with Crippen molar-refractivity contribution >= 4 is 11.6 Å². The number of aromatic nitrogens is 2. The lowest BCUT2D eigenvalue weighted by Crippen LogP contribution is -2.37. The smallest absolute Gasteiger partial charge is 0.134 e. The van der Waals surface area contributed by atoms with Crippen LogP contribution in [0.2, 0.25) is 0 Å². The van der Waals surface area contributed by atoms with Crippen molar-refractivity contribution < 1.29 is 9.84 Å². The van der Waals surface area contributed by atoms with Crippen LogP contribution in [0.1, 0.15) is 38.1 Å². The van der Waals surface area contributed by atoms with Crippen LogP contribution >= 0.6 is 0 Å². The number of aryl methyl sites for hydroxylation is 1. The van der Waals surface area contributed by atoms with Crippen LogP contribution in [0.15, 0.2) is 0 Å². The SMILES string of the molecule is CCCc1nc(NCC)c(C)c(NCC2(O)CCOC2)n1. The van der Waals surface area contributed by atoms with Gasteiger partial charge in [-0.25, -0.2) is 9.97 Å². The van der Waals surface area contributed by atoms with E-state index in [0.717, 1.165) is 42.4 Å². The van der Waals surface area contributed by atoms with Crippen LogP contribution in [0.3, 0.4) is 0 Å². The standard InChI is InChI=1S/C15H26N4O2/c1-4-6-12-18-13(16-5-2)11(3)14(19-12)17-9-15(20)7-8-21-10-15/h20H,4-10H2,1-3H3,(H2,16,17,18,19). The predicted octanol–water partition coefficient (Wildman–Crippen LogP) is 1.73. The van der Waals surface area contributed by atoms with Gasteiger partial charge in [0.05, 0.1) is 6.61 Å². The molecule has 1 atom stereocenters. The first kappa shape index (κ1) is 16.0. The molecular weight excluding hydrogens is 268 g/mol. The van der Waals surface area contributed by atoms with Crippen LogP contribution in [-0.2, 0) is 11.2 Å². The maximum Gasteiger partial charge on any atom is 0.134 e. The summed E-state index contributed by atoms with van der Waals surface area (Å²) in [5.41, 5.74) is 0.194. The fourth-order valence-corrected chi connectivity index (χ4v) is 2.39. The van der Waals surface area contributed by atoms with E-state index in [4.69, 9.17) is 4.74 Å². The van der Waals surface area contributed by atoms with Crippen molar-refractivity contribution in [3.8, 4) is 0 Å². The lowest BCUT2D eigenvalue weighted by molar-refractivity contribution is 0.0381. The van der Waals surface area contributed by atoms with Gasteiger partial charge in [-0.3, -0.25) is 0 Å². The largest absolute Gasteiger partial charge is 0.386 e. The highest BCUT2D eigenvalue weighted by Gasteiger charge is 2.32. The van der Waals surface area contributed by atoms with Gasteiger partial charge in [-0.1, -0.05) is 6.92 Å². The van der Waals surface area contributed by atoms with E-state index >= 15 is 0 Å². The Morgan fingerprint density at radius 1 is 1.24 bits per heavy atom. The lowest BCUT2D eigenvalue weighted by atomic mass is 10.0. The zero-order valence-corrected chi connectivity index (χ0v) is 13.2. The number of nitrogens with one attached hydrogen (secondary N) is 2. The van der Waals surface area contributed by atoms with Gasteiger partial charge in [0.15, 0.2) is 0 Å². The monoisotopic (exact) mass is 294 g/mol. The topological polar surface area (TPSA) is 79.3 Å². The Hall–Kier alpha value is -1.40. The first-order chi connectivity index (χ1) is 10.1. The third kappa shape index (κ3) is 4.04. The zero-order chi connectivity index (χ0) is 15.3. The third-order valence-corrected chi connectivity index (χ3v) is 3.68. The molecule has 1 saturated heterocycles. The van der Waals surface area contributed by atoms with Crippen LogP contribution in [0.5, 0.6) is 0 Å². The van der Waals surface area contributed by atoms with E-state index in [1.54, 1.807) is 0 Å². The highest BCUT2D eigenvalue weighted by Crippen LogP contribution is 2.23. The van der Waals surface area contributed by atoms with E-state index in [1.807, 2.05) is 13.8 Å². The van der Waals surface area contributed by atoms with Gasteiger partial charge in [-0.15, -0.1) is 0 Å². The van der Waals surface area contributed by atoms with Gasteiger partial charge >= 0.3 is 0 Å². The van der Waals surface area contributed by atoms with Crippen LogP contribution in [0.25, 0.3) is 0 Å². The Kier molecular flexibility index (Phi) is 5.36. The molecule has 1 unspecified atom stereocenters. The molecule has 6 heteroatoms. The van der Waals surface area contributed by atoms with Crippen molar-refractivity contribution in [2.45, 2.75) is 45.6 Å². The molecule has 0 amide bonds. The van der Waals surface area contributed by atoms with Crippen molar-refractivity contribution in [3.63, 3.8) is 0 Å². The molecule has 2 heterocycles. The zero-order valence-electron chi connectivity index (χ0n) is 13.2. The Bertz CT molecular complexity index is 473. The van der Waals surface area contributed by atoms with Gasteiger partial charge in [0, 0.05) is 38.1 Å². The number of aliphatic hydroxyl groups is 1. The normalized spacial score (nSPS) is 21.5. The summed E-state index contributed by atoms with van der Waals surface area (Å²) >= 11 is 0. The van der Waals surface area contributed by atoms with Crippen LogP contribution in [-0.4, -0.2) is 47.0 Å². The second-order valence-corrected chi connectivity index (χ2v) is 5.62. The highest BCUT2D eigenvalue weighted by atomic mass is 16.5. The van der Waals surface area contributed by atoms with E-state index in [9.17, 15) is 5.11 Å². The van der Waals surface area contributed by atoms with Gasteiger partial charge in [-0.05, 0) is 20.3 Å². The fraction of sp³-hybridized carbons (Fsp3) is 0.733. The van der Waals surface area contributed by atoms with Crippen molar-refractivity contribution in [2.75, 3.05) is 36.9 Å². The van der Waals surface area contributed by atoms with E-state index in [1.165, 1.54) is 0 Å². The van der Waals surface area contributed by atoms with Gasteiger partial charge in [-0.2, -0.15) is 0 Å². The molecule has 0 bridgehead atoms. The molecule has 0 aromatic carbocycles. The summed E-state index contributed by atoms with van der Waals surface area (Å²) in [5.74, 6) is 2.49. The van der Waals surface area contributed by atoms with E-state index in [2.05, 4.69) is 27.5 Å². The van der Waals surface area contributed by atoms with Gasteiger partial charge in [0.2, 0.25) is 0 Å². The molecule has 0 aliphatic carbocycles. The first-order valence-corrected chi connectivity index (χ1v) is 7.73. The maximum atomic E-state index is 10.3. The van der Waals surface area contributed by atoms with Crippen LogP contribution < -0.4 is 10.6 Å². The molecule has 3 N–H and O–H groups in total. The summed E-state index contributed by atoms with van der Waals surface area (Å²) in [5, 5.41) is 16.9. The molecule has 21 heavy (non-hydrogen) atoms. The van der Waals surface area contributed by atoms with E-state index in [-0.39, 0.29) is 0 Å². The average molecular weight is 294 g/mol. The molecule has 0 spiro atoms. The second kappa shape index (κ2) is 7.04. The number of hydrogen-bond acceptors (Lipinski definition) is 6. The molecule has 1 aliphatic heterocycles. The Morgan fingerprint density at radius 2 is 1.95 bits per heavy atom. The quantitative estimate of drug-likeness (QED) is 0.711. The van der Waals surface area contributed by atoms with E-state index in [0.29, 0.717) is 26.2 Å². The van der Waals surface area contributed by atoms with Crippen molar-refractivity contribution in [1.82, 2.24) is 9.97 Å². The molecular formula is C15H26N4O2. The maximum absolute atomic E-state index is 10.3. The number of hydrogen-bond donors (Lipinski definition) is 3. The molecule has 0 radical (unpaired) electrons. The minimum atomic E-state index is -0.791. The molecule has 1 fully saturated rings. The van der Waals surface area contributed by atoms with Gasteiger partial charge < -0.3 is 20.5 Å². The number of ether oxygens (including phenoxy) is 1. The summed E-state index contributed by atoms with van der Waals surface area (Å²) in [7, 11) is 0. The third-order valence-electron chi connectivity index (χ3n) is 3.68. The summed E-state index contributed by atoms with van der Waals surface area (Å²) in [4.78, 5) is 9.14. The molecule has 2 rings (SSSR count). The number of nitrogens with zero attached hydrogens (tertiary/aromatic N) is 2. The molecule has 1 aliphatic rings. The fourth-order valence-electron chi connectivity index (χ4n) is 2.39. The van der Waals surface area contributed by atoms with Crippen LogP contribution in [0.4, 0.5) is 11.6 Å². The summed E-state index contributed by atoms with van der Waals surface area (Å²) in [6, 6.07) is 0. The molecule has 6 nitrogen and oxygen atoms in total. The first-order valence-electron chi connectivity index (χ1n) is 7.73. The summed E-state index contributed by atoms with van der Waals surface area (Å²) in [6.45, 7) is 8.42. The minimum absolute atomic E-state index is 0.381. The number of rotatable bonds is 7. The van der Waals surface area contributed by atoms with E-state index < -0.39 is 5.60 Å². The highest BCUT2D eigenvalue weighted by molar-refractivity contribution is 5.57. The van der Waals surface area contributed by atoms with Crippen LogP contribution in [0, 0.1) is 6.92 Å². The van der Waals surface area contributed by atoms with Gasteiger partial charge in [0.1, 0.15) is 23.1 Å². The Morgan fingerprint density at radius 3 is 2.52 bits per heavy atom. The van der Waals surface area contributed by atoms with Crippen molar-refractivity contribution in [1.29, 1.82) is 0 Å². The minimum Gasteiger partial charge on any atom is -0.386 e. The predicted molar refractivity (Wildman–Crippen MR) is 83.8 cm³/mol.